The van der Waals surface area contributed by atoms with Crippen LogP contribution in [0.4, 0.5) is 5.13 Å². The number of aliphatic carboxylic acids is 1. The molecule has 0 aliphatic heterocycles. The van der Waals surface area contributed by atoms with Crippen LogP contribution in [-0.4, -0.2) is 31.6 Å². The molecule has 0 atom stereocenters. The quantitative estimate of drug-likeness (QED) is 0.831. The molecule has 0 aromatic carbocycles. The van der Waals surface area contributed by atoms with E-state index in [1.165, 1.54) is 23.6 Å². The zero-order valence-corrected chi connectivity index (χ0v) is 11.3. The molecule has 2 aromatic rings. The van der Waals surface area contributed by atoms with Crippen molar-refractivity contribution in [2.45, 2.75) is 6.92 Å². The average Bonchev–Trinajstić information content (AvgIpc) is 2.95. The maximum Gasteiger partial charge on any atom is 0.328 e. The van der Waals surface area contributed by atoms with Gasteiger partial charge in [-0.25, -0.2) is 9.78 Å². The summed E-state index contributed by atoms with van der Waals surface area (Å²) in [4.78, 5) is 27.3. The van der Waals surface area contributed by atoms with Crippen LogP contribution in [0.3, 0.4) is 0 Å². The number of aryl methyl sites for hydroxylation is 1. The lowest BCUT2D eigenvalue weighted by Gasteiger charge is -1.97. The van der Waals surface area contributed by atoms with Gasteiger partial charge < -0.3 is 5.11 Å². The van der Waals surface area contributed by atoms with Crippen LogP contribution in [0.15, 0.2) is 12.3 Å². The molecule has 98 valence electrons. The summed E-state index contributed by atoms with van der Waals surface area (Å²) in [7, 11) is 0. The second-order valence-electron chi connectivity index (χ2n) is 3.38. The van der Waals surface area contributed by atoms with Gasteiger partial charge in [0.05, 0.1) is 5.69 Å². The highest BCUT2D eigenvalue weighted by atomic mass is 32.1. The molecule has 0 bridgehead atoms. The molecule has 2 aromatic heterocycles. The van der Waals surface area contributed by atoms with E-state index in [9.17, 15) is 9.59 Å². The first kappa shape index (κ1) is 13.3. The zero-order valence-electron chi connectivity index (χ0n) is 9.65. The molecule has 2 rings (SSSR count). The van der Waals surface area contributed by atoms with E-state index in [-0.39, 0.29) is 5.91 Å². The highest BCUT2D eigenvalue weighted by Gasteiger charge is 2.14. The van der Waals surface area contributed by atoms with Crippen LogP contribution in [0.1, 0.15) is 20.2 Å². The number of nitrogens with zero attached hydrogens (tertiary/aromatic N) is 3. The molecule has 9 heteroatoms. The number of carboxylic acids is 1. The van der Waals surface area contributed by atoms with E-state index in [1.54, 1.807) is 6.92 Å². The number of carbonyl (C=O) groups excluding carboxylic acids is 1. The Labute approximate surface area is 115 Å². The van der Waals surface area contributed by atoms with Gasteiger partial charge in [-0.15, -0.1) is 5.10 Å². The fraction of sp³-hybridized carbons (Fsp3) is 0.100. The number of carboxylic acid groups (broad SMARTS) is 1. The Morgan fingerprint density at radius 2 is 2.26 bits per heavy atom. The number of anilines is 1. The fourth-order valence-electron chi connectivity index (χ4n) is 1.17. The van der Waals surface area contributed by atoms with Crippen LogP contribution in [0.25, 0.3) is 6.08 Å². The molecule has 2 N–H and O–H groups in total. The third-order valence-corrected chi connectivity index (χ3v) is 3.70. The summed E-state index contributed by atoms with van der Waals surface area (Å²) in [5, 5.41) is 15.2. The van der Waals surface area contributed by atoms with Crippen molar-refractivity contribution >= 4 is 46.0 Å². The molecule has 0 fully saturated rings. The van der Waals surface area contributed by atoms with Gasteiger partial charge >= 0.3 is 5.97 Å². The van der Waals surface area contributed by atoms with Crippen molar-refractivity contribution in [1.82, 2.24) is 14.6 Å². The first-order chi connectivity index (χ1) is 9.06. The maximum absolute atomic E-state index is 11.8. The molecule has 0 aliphatic rings. The molecule has 0 saturated carbocycles. The van der Waals surface area contributed by atoms with Gasteiger partial charge in [0.15, 0.2) is 5.13 Å². The van der Waals surface area contributed by atoms with Crippen molar-refractivity contribution in [2.24, 2.45) is 0 Å². The minimum atomic E-state index is -1.04. The van der Waals surface area contributed by atoms with Gasteiger partial charge in [-0.05, 0) is 24.5 Å². The second-order valence-corrected chi connectivity index (χ2v) is 5.20. The van der Waals surface area contributed by atoms with E-state index in [4.69, 9.17) is 5.11 Å². The van der Waals surface area contributed by atoms with E-state index in [2.05, 4.69) is 19.9 Å². The van der Waals surface area contributed by atoms with Crippen LogP contribution < -0.4 is 5.32 Å². The van der Waals surface area contributed by atoms with Crippen LogP contribution >= 0.6 is 22.9 Å². The largest absolute Gasteiger partial charge is 0.478 e. The molecule has 0 aliphatic carbocycles. The summed E-state index contributed by atoms with van der Waals surface area (Å²) >= 11 is 2.19. The normalized spacial score (nSPS) is 10.8. The molecule has 0 unspecified atom stereocenters. The first-order valence-electron chi connectivity index (χ1n) is 5.03. The van der Waals surface area contributed by atoms with Crippen molar-refractivity contribution in [3.8, 4) is 0 Å². The highest BCUT2D eigenvalue weighted by Crippen LogP contribution is 2.21. The molecule has 1 amide bonds. The number of hydrogen-bond donors (Lipinski definition) is 2. The topological polar surface area (TPSA) is 105 Å². The number of amides is 1. The Balaban J connectivity index is 2.06. The van der Waals surface area contributed by atoms with E-state index in [0.29, 0.717) is 20.6 Å². The Morgan fingerprint density at radius 1 is 1.47 bits per heavy atom. The monoisotopic (exact) mass is 296 g/mol. The molecule has 19 heavy (non-hydrogen) atoms. The van der Waals surface area contributed by atoms with Gasteiger partial charge in [0.1, 0.15) is 4.88 Å². The van der Waals surface area contributed by atoms with Gasteiger partial charge in [0.2, 0.25) is 0 Å². The summed E-state index contributed by atoms with van der Waals surface area (Å²) in [6.07, 6.45) is 3.91. The lowest BCUT2D eigenvalue weighted by Crippen LogP contribution is -2.11. The Kier molecular flexibility index (Phi) is 3.97. The predicted molar refractivity (Wildman–Crippen MR) is 71.4 cm³/mol. The smallest absolute Gasteiger partial charge is 0.328 e. The molecular formula is C10H8N4O3S2. The second kappa shape index (κ2) is 5.67. The van der Waals surface area contributed by atoms with Gasteiger partial charge in [-0.3, -0.25) is 10.1 Å². The standard InChI is InChI=1S/C10H8N4O3S2/c1-5-8(19-14-13-5)9(17)12-10-11-4-6(18-10)2-3-7(15)16/h2-4H,1H3,(H,15,16)(H,11,12,17). The Morgan fingerprint density at radius 3 is 2.89 bits per heavy atom. The van der Waals surface area contributed by atoms with Gasteiger partial charge in [-0.2, -0.15) is 0 Å². The van der Waals surface area contributed by atoms with Crippen LogP contribution in [-0.2, 0) is 4.79 Å². The van der Waals surface area contributed by atoms with Crippen molar-refractivity contribution < 1.29 is 14.7 Å². The van der Waals surface area contributed by atoms with E-state index < -0.39 is 5.97 Å². The average molecular weight is 296 g/mol. The van der Waals surface area contributed by atoms with Gasteiger partial charge in [0, 0.05) is 17.2 Å². The predicted octanol–water partition coefficient (Wildman–Crippen LogP) is 1.65. The SMILES string of the molecule is Cc1nnsc1C(=O)Nc1ncc(C=CC(=O)O)s1. The molecule has 0 radical (unpaired) electrons. The third kappa shape index (κ3) is 3.42. The fourth-order valence-corrected chi connectivity index (χ4v) is 2.43. The number of rotatable bonds is 4. The lowest BCUT2D eigenvalue weighted by molar-refractivity contribution is -0.131. The van der Waals surface area contributed by atoms with Crippen LogP contribution in [0.5, 0.6) is 0 Å². The number of nitrogens with one attached hydrogen (secondary N) is 1. The molecule has 0 spiro atoms. The van der Waals surface area contributed by atoms with E-state index in [0.717, 1.165) is 17.6 Å². The van der Waals surface area contributed by atoms with E-state index >= 15 is 0 Å². The van der Waals surface area contributed by atoms with Gasteiger partial charge in [-0.1, -0.05) is 15.8 Å². The number of hydrogen-bond acceptors (Lipinski definition) is 7. The van der Waals surface area contributed by atoms with Gasteiger partial charge in [0.25, 0.3) is 5.91 Å². The van der Waals surface area contributed by atoms with Crippen molar-refractivity contribution in [3.63, 3.8) is 0 Å². The minimum absolute atomic E-state index is 0.324. The Hall–Kier alpha value is -2.13. The van der Waals surface area contributed by atoms with Crippen molar-refractivity contribution in [2.75, 3.05) is 5.32 Å². The van der Waals surface area contributed by atoms with Crippen molar-refractivity contribution in [1.29, 1.82) is 0 Å². The minimum Gasteiger partial charge on any atom is -0.478 e. The first-order valence-corrected chi connectivity index (χ1v) is 6.62. The number of aromatic nitrogens is 3. The van der Waals surface area contributed by atoms with Crippen LogP contribution in [0, 0.1) is 6.92 Å². The van der Waals surface area contributed by atoms with Crippen LogP contribution in [0.2, 0.25) is 0 Å². The third-order valence-electron chi connectivity index (χ3n) is 1.99. The summed E-state index contributed by atoms with van der Waals surface area (Å²) in [5.74, 6) is -1.36. The van der Waals surface area contributed by atoms with E-state index in [1.807, 2.05) is 0 Å². The summed E-state index contributed by atoms with van der Waals surface area (Å²) in [6.45, 7) is 1.70. The highest BCUT2D eigenvalue weighted by molar-refractivity contribution is 7.16. The number of carbonyl (C=O) groups is 2. The molecule has 2 heterocycles. The summed E-state index contributed by atoms with van der Waals surface area (Å²) < 4.78 is 3.68. The summed E-state index contributed by atoms with van der Waals surface area (Å²) in [5.41, 5.74) is 0.560. The lowest BCUT2D eigenvalue weighted by atomic mass is 10.4. The van der Waals surface area contributed by atoms with Crippen molar-refractivity contribution in [3.05, 3.63) is 27.7 Å². The number of thiazole rings is 1. The zero-order chi connectivity index (χ0) is 13.8. The summed E-state index contributed by atoms with van der Waals surface area (Å²) in [6, 6.07) is 0. The Bertz CT molecular complexity index is 647. The molecule has 7 nitrogen and oxygen atoms in total. The maximum atomic E-state index is 11.8. The molecular weight excluding hydrogens is 288 g/mol. The molecule has 0 saturated heterocycles.